The van der Waals surface area contributed by atoms with E-state index in [0.717, 1.165) is 22.4 Å². The fourth-order valence-corrected chi connectivity index (χ4v) is 2.56. The molecule has 3 nitrogen and oxygen atoms in total. The molecule has 0 aliphatic rings. The zero-order valence-electron chi connectivity index (χ0n) is 13.4. The highest BCUT2D eigenvalue weighted by molar-refractivity contribution is 5.65. The van der Waals surface area contributed by atoms with Gasteiger partial charge >= 0.3 is 0 Å². The maximum atomic E-state index is 12.1. The van der Waals surface area contributed by atoms with E-state index >= 15 is 0 Å². The van der Waals surface area contributed by atoms with Crippen LogP contribution in [0.3, 0.4) is 0 Å². The van der Waals surface area contributed by atoms with E-state index in [9.17, 15) is 4.79 Å². The van der Waals surface area contributed by atoms with E-state index in [1.54, 1.807) is 10.6 Å². The SMILES string of the molecule is CN(C)c1ccc(-c2ccc(=O)n(Cc3ccccc3)c2)cc1. The molecule has 0 saturated carbocycles. The van der Waals surface area contributed by atoms with Crippen molar-refractivity contribution in [1.29, 1.82) is 0 Å². The van der Waals surface area contributed by atoms with Crippen LogP contribution in [0.15, 0.2) is 77.7 Å². The minimum absolute atomic E-state index is 0.0162. The summed E-state index contributed by atoms with van der Waals surface area (Å²) in [6.07, 6.45) is 1.93. The highest BCUT2D eigenvalue weighted by Gasteiger charge is 2.03. The number of anilines is 1. The van der Waals surface area contributed by atoms with Crippen LogP contribution in [-0.4, -0.2) is 18.7 Å². The van der Waals surface area contributed by atoms with Crippen LogP contribution >= 0.6 is 0 Å². The molecule has 3 heteroatoms. The average molecular weight is 304 g/mol. The fourth-order valence-electron chi connectivity index (χ4n) is 2.56. The van der Waals surface area contributed by atoms with E-state index in [1.165, 1.54) is 0 Å². The molecule has 0 fully saturated rings. The van der Waals surface area contributed by atoms with Crippen LogP contribution in [0, 0.1) is 0 Å². The molecule has 0 aliphatic heterocycles. The normalized spacial score (nSPS) is 10.5. The Morgan fingerprint density at radius 1 is 0.826 bits per heavy atom. The first kappa shape index (κ1) is 15.1. The van der Waals surface area contributed by atoms with Crippen molar-refractivity contribution >= 4 is 5.69 Å². The standard InChI is InChI=1S/C20H20N2O/c1-21(2)19-11-8-17(9-12-19)18-10-13-20(23)22(15-18)14-16-6-4-3-5-7-16/h3-13,15H,14H2,1-2H3. The largest absolute Gasteiger partial charge is 0.378 e. The van der Waals surface area contributed by atoms with Gasteiger partial charge in [-0.2, -0.15) is 0 Å². The molecule has 1 heterocycles. The molecule has 0 amide bonds. The lowest BCUT2D eigenvalue weighted by Crippen LogP contribution is -2.19. The van der Waals surface area contributed by atoms with Gasteiger partial charge in [-0.3, -0.25) is 4.79 Å². The Bertz CT molecular complexity index is 834. The van der Waals surface area contributed by atoms with Crippen LogP contribution in [0.5, 0.6) is 0 Å². The van der Waals surface area contributed by atoms with Crippen LogP contribution in [0.25, 0.3) is 11.1 Å². The van der Waals surface area contributed by atoms with Crippen molar-refractivity contribution in [3.8, 4) is 11.1 Å². The zero-order valence-corrected chi connectivity index (χ0v) is 13.4. The molecule has 0 N–H and O–H groups in total. The van der Waals surface area contributed by atoms with Crippen molar-refractivity contribution in [1.82, 2.24) is 4.57 Å². The Kier molecular flexibility index (Phi) is 4.29. The number of benzene rings is 2. The molecule has 0 aliphatic carbocycles. The molecule has 0 spiro atoms. The Hall–Kier alpha value is -2.81. The number of rotatable bonds is 4. The highest BCUT2D eigenvalue weighted by Crippen LogP contribution is 2.21. The summed E-state index contributed by atoms with van der Waals surface area (Å²) in [5, 5.41) is 0. The van der Waals surface area contributed by atoms with Gasteiger partial charge in [0.2, 0.25) is 0 Å². The summed E-state index contributed by atoms with van der Waals surface area (Å²) in [7, 11) is 4.05. The van der Waals surface area contributed by atoms with Gasteiger partial charge in [0.1, 0.15) is 0 Å². The van der Waals surface area contributed by atoms with Gasteiger partial charge < -0.3 is 9.47 Å². The third kappa shape index (κ3) is 3.51. The zero-order chi connectivity index (χ0) is 16.2. The van der Waals surface area contributed by atoms with E-state index in [4.69, 9.17) is 0 Å². The summed E-state index contributed by atoms with van der Waals surface area (Å²) in [6.45, 7) is 0.587. The van der Waals surface area contributed by atoms with Crippen LogP contribution in [0.1, 0.15) is 5.56 Å². The van der Waals surface area contributed by atoms with Crippen molar-refractivity contribution in [3.05, 3.63) is 88.8 Å². The van der Waals surface area contributed by atoms with Crippen LogP contribution < -0.4 is 10.5 Å². The first-order chi connectivity index (χ1) is 11.1. The van der Waals surface area contributed by atoms with E-state index in [1.807, 2.05) is 56.7 Å². The predicted octanol–water partition coefficient (Wildman–Crippen LogP) is 3.63. The summed E-state index contributed by atoms with van der Waals surface area (Å²) >= 11 is 0. The average Bonchev–Trinajstić information content (AvgIpc) is 2.58. The van der Waals surface area contributed by atoms with Crippen molar-refractivity contribution in [3.63, 3.8) is 0 Å². The maximum absolute atomic E-state index is 12.1. The molecule has 0 saturated heterocycles. The molecule has 0 radical (unpaired) electrons. The maximum Gasteiger partial charge on any atom is 0.250 e. The second kappa shape index (κ2) is 6.53. The second-order valence-corrected chi connectivity index (χ2v) is 5.81. The van der Waals surface area contributed by atoms with E-state index < -0.39 is 0 Å². The van der Waals surface area contributed by atoms with Gasteiger partial charge in [0.25, 0.3) is 5.56 Å². The lowest BCUT2D eigenvalue weighted by atomic mass is 10.1. The van der Waals surface area contributed by atoms with E-state index in [-0.39, 0.29) is 5.56 Å². The number of hydrogen-bond acceptors (Lipinski definition) is 2. The Morgan fingerprint density at radius 3 is 2.13 bits per heavy atom. The molecular weight excluding hydrogens is 284 g/mol. The molecule has 116 valence electrons. The number of aromatic nitrogens is 1. The lowest BCUT2D eigenvalue weighted by Gasteiger charge is -2.13. The minimum Gasteiger partial charge on any atom is -0.378 e. The summed E-state index contributed by atoms with van der Waals surface area (Å²) in [4.78, 5) is 14.2. The first-order valence-electron chi connectivity index (χ1n) is 7.66. The third-order valence-corrected chi connectivity index (χ3v) is 3.90. The molecule has 3 aromatic rings. The van der Waals surface area contributed by atoms with Gasteiger partial charge in [-0.1, -0.05) is 42.5 Å². The van der Waals surface area contributed by atoms with Crippen molar-refractivity contribution in [2.24, 2.45) is 0 Å². The van der Waals surface area contributed by atoms with Gasteiger partial charge in [0.05, 0.1) is 6.54 Å². The van der Waals surface area contributed by atoms with Crippen LogP contribution in [0.4, 0.5) is 5.69 Å². The van der Waals surface area contributed by atoms with Crippen molar-refractivity contribution in [2.75, 3.05) is 19.0 Å². The molecule has 2 aromatic carbocycles. The highest BCUT2D eigenvalue weighted by atomic mass is 16.1. The van der Waals surface area contributed by atoms with Gasteiger partial charge in [-0.25, -0.2) is 0 Å². The Morgan fingerprint density at radius 2 is 1.48 bits per heavy atom. The third-order valence-electron chi connectivity index (χ3n) is 3.90. The second-order valence-electron chi connectivity index (χ2n) is 5.81. The molecule has 1 aromatic heterocycles. The Labute approximate surface area is 136 Å². The topological polar surface area (TPSA) is 25.2 Å². The summed E-state index contributed by atoms with van der Waals surface area (Å²) in [5.74, 6) is 0. The number of pyridine rings is 1. The van der Waals surface area contributed by atoms with Gasteiger partial charge in [-0.15, -0.1) is 0 Å². The van der Waals surface area contributed by atoms with Crippen molar-refractivity contribution < 1.29 is 0 Å². The van der Waals surface area contributed by atoms with Gasteiger partial charge in [0.15, 0.2) is 0 Å². The minimum atomic E-state index is 0.0162. The monoisotopic (exact) mass is 304 g/mol. The van der Waals surface area contributed by atoms with E-state index in [0.29, 0.717) is 6.54 Å². The fraction of sp³-hybridized carbons (Fsp3) is 0.150. The lowest BCUT2D eigenvalue weighted by molar-refractivity contribution is 0.761. The summed E-state index contributed by atoms with van der Waals surface area (Å²) < 4.78 is 1.75. The number of nitrogens with zero attached hydrogens (tertiary/aromatic N) is 2. The quantitative estimate of drug-likeness (QED) is 0.735. The smallest absolute Gasteiger partial charge is 0.250 e. The summed E-state index contributed by atoms with van der Waals surface area (Å²) in [6, 6.07) is 21.9. The van der Waals surface area contributed by atoms with Crippen LogP contribution in [0.2, 0.25) is 0 Å². The molecule has 23 heavy (non-hydrogen) atoms. The molecule has 3 rings (SSSR count). The molecule has 0 bridgehead atoms. The molecule has 0 atom stereocenters. The van der Waals surface area contributed by atoms with Crippen LogP contribution in [-0.2, 0) is 6.54 Å². The van der Waals surface area contributed by atoms with E-state index in [2.05, 4.69) is 29.2 Å². The molecular formula is C20H20N2O. The first-order valence-corrected chi connectivity index (χ1v) is 7.66. The van der Waals surface area contributed by atoms with Crippen molar-refractivity contribution in [2.45, 2.75) is 6.54 Å². The van der Waals surface area contributed by atoms with Gasteiger partial charge in [0, 0.05) is 32.0 Å². The van der Waals surface area contributed by atoms with Gasteiger partial charge in [-0.05, 0) is 34.9 Å². The molecule has 0 unspecified atom stereocenters. The number of hydrogen-bond donors (Lipinski definition) is 0. The predicted molar refractivity (Wildman–Crippen MR) is 96.0 cm³/mol. The Balaban J connectivity index is 1.92. The summed E-state index contributed by atoms with van der Waals surface area (Å²) in [5.41, 5.74) is 4.45.